The van der Waals surface area contributed by atoms with Crippen LogP contribution in [-0.4, -0.2) is 40.8 Å². The van der Waals surface area contributed by atoms with E-state index in [1.165, 1.54) is 0 Å². The van der Waals surface area contributed by atoms with Gasteiger partial charge in [0.1, 0.15) is 11.1 Å². The summed E-state index contributed by atoms with van der Waals surface area (Å²) in [5, 5.41) is 16.4. The van der Waals surface area contributed by atoms with Crippen molar-refractivity contribution >= 4 is 69.2 Å². The monoisotopic (exact) mass is 639 g/mol. The minimum Gasteiger partial charge on any atom is -0.479 e. The molecule has 8 nitrogen and oxygen atoms in total. The summed E-state index contributed by atoms with van der Waals surface area (Å²) in [5.74, 6) is -1.17. The van der Waals surface area contributed by atoms with Crippen molar-refractivity contribution in [3.05, 3.63) is 62.7 Å². The zero-order valence-electron chi connectivity index (χ0n) is 21.2. The minimum absolute atomic E-state index is 0.134. The van der Waals surface area contributed by atoms with Crippen LogP contribution in [0.2, 0.25) is 5.02 Å². The van der Waals surface area contributed by atoms with Crippen LogP contribution in [-0.2, 0) is 14.3 Å². The van der Waals surface area contributed by atoms with E-state index in [4.69, 9.17) is 16.3 Å². The van der Waals surface area contributed by atoms with E-state index in [2.05, 4.69) is 33.2 Å². The maximum Gasteiger partial charge on any atom is 0.412 e. The molecule has 1 fully saturated rings. The Labute approximate surface area is 235 Å². The number of carboxylic acids is 1. The fraction of sp³-hybridized carbons (Fsp3) is 0.370. The van der Waals surface area contributed by atoms with Crippen LogP contribution in [0.4, 0.5) is 21.9 Å². The SMILES string of the molecule is CCC(CC=C1CCN(c2ccc(NC(=O)OC(C)(C)C)cc2)C1=O)(Nc1cc(Cl)ccc1I)C(=O)O. The first-order chi connectivity index (χ1) is 17.3. The highest BCUT2D eigenvalue weighted by Crippen LogP contribution is 2.32. The van der Waals surface area contributed by atoms with Crippen molar-refractivity contribution < 1.29 is 24.2 Å². The van der Waals surface area contributed by atoms with Crippen molar-refractivity contribution in [3.63, 3.8) is 0 Å². The molecule has 2 amide bonds. The molecule has 1 aliphatic rings. The maximum absolute atomic E-state index is 13.1. The van der Waals surface area contributed by atoms with E-state index in [0.29, 0.717) is 47.0 Å². The summed E-state index contributed by atoms with van der Waals surface area (Å²) in [5.41, 5.74) is 0.548. The number of carbonyl (C=O) groups excluding carboxylic acids is 2. The minimum atomic E-state index is -1.29. The summed E-state index contributed by atoms with van der Waals surface area (Å²) in [4.78, 5) is 39.1. The Kier molecular flexibility index (Phi) is 9.12. The maximum atomic E-state index is 13.1. The van der Waals surface area contributed by atoms with E-state index in [9.17, 15) is 19.5 Å². The molecule has 198 valence electrons. The van der Waals surface area contributed by atoms with E-state index >= 15 is 0 Å². The molecule has 2 aromatic carbocycles. The number of hydrogen-bond donors (Lipinski definition) is 3. The van der Waals surface area contributed by atoms with E-state index in [-0.39, 0.29) is 12.3 Å². The van der Waals surface area contributed by atoms with Crippen molar-refractivity contribution in [2.24, 2.45) is 0 Å². The fourth-order valence-corrected chi connectivity index (χ4v) is 4.56. The van der Waals surface area contributed by atoms with E-state index < -0.39 is 23.2 Å². The average Bonchev–Trinajstić information content (AvgIpc) is 3.18. The van der Waals surface area contributed by atoms with Crippen LogP contribution in [0.3, 0.4) is 0 Å². The molecular weight excluding hydrogens is 609 g/mol. The Balaban J connectivity index is 1.72. The molecule has 0 aliphatic carbocycles. The molecule has 1 unspecified atom stereocenters. The van der Waals surface area contributed by atoms with Gasteiger partial charge in [-0.25, -0.2) is 9.59 Å². The van der Waals surface area contributed by atoms with Gasteiger partial charge in [-0.15, -0.1) is 0 Å². The smallest absolute Gasteiger partial charge is 0.412 e. The number of carbonyl (C=O) groups is 3. The van der Waals surface area contributed by atoms with Gasteiger partial charge in [0, 0.05) is 37.8 Å². The lowest BCUT2D eigenvalue weighted by atomic mass is 9.90. The van der Waals surface area contributed by atoms with Gasteiger partial charge in [-0.1, -0.05) is 24.6 Å². The highest BCUT2D eigenvalue weighted by Gasteiger charge is 2.37. The number of hydrogen-bond acceptors (Lipinski definition) is 5. The molecule has 37 heavy (non-hydrogen) atoms. The van der Waals surface area contributed by atoms with Gasteiger partial charge in [0.2, 0.25) is 0 Å². The molecule has 1 atom stereocenters. The summed E-state index contributed by atoms with van der Waals surface area (Å²) >= 11 is 8.25. The first-order valence-corrected chi connectivity index (χ1v) is 13.4. The molecule has 3 rings (SSSR count). The third kappa shape index (κ3) is 7.38. The lowest BCUT2D eigenvalue weighted by Crippen LogP contribution is -2.45. The van der Waals surface area contributed by atoms with Gasteiger partial charge in [0.25, 0.3) is 5.91 Å². The lowest BCUT2D eigenvalue weighted by Gasteiger charge is -2.30. The number of benzene rings is 2. The first-order valence-electron chi connectivity index (χ1n) is 11.9. The summed E-state index contributed by atoms with van der Waals surface area (Å²) in [7, 11) is 0. The topological polar surface area (TPSA) is 108 Å². The summed E-state index contributed by atoms with van der Waals surface area (Å²) < 4.78 is 6.11. The lowest BCUT2D eigenvalue weighted by molar-refractivity contribution is -0.142. The zero-order valence-corrected chi connectivity index (χ0v) is 24.1. The standard InChI is InChI=1S/C27H31ClIN3O5/c1-5-27(24(34)35,31-22-16-18(28)6-11-21(22)29)14-12-17-13-15-32(23(17)33)20-9-7-19(8-10-20)30-25(36)37-26(2,3)4/h6-12,16,31H,5,13-15H2,1-4H3,(H,30,36)(H,34,35). The third-order valence-electron chi connectivity index (χ3n) is 5.96. The number of rotatable bonds is 8. The normalized spacial score (nSPS) is 16.4. The average molecular weight is 640 g/mol. The van der Waals surface area contributed by atoms with Gasteiger partial charge in [0.05, 0.1) is 0 Å². The van der Waals surface area contributed by atoms with Crippen LogP contribution < -0.4 is 15.5 Å². The van der Waals surface area contributed by atoms with Crippen LogP contribution in [0.5, 0.6) is 0 Å². The first kappa shape index (κ1) is 28.8. The van der Waals surface area contributed by atoms with Crippen molar-refractivity contribution in [3.8, 4) is 0 Å². The molecule has 0 aromatic heterocycles. The number of nitrogens with one attached hydrogen (secondary N) is 2. The molecule has 0 radical (unpaired) electrons. The van der Waals surface area contributed by atoms with Crippen LogP contribution in [0.1, 0.15) is 47.0 Å². The van der Waals surface area contributed by atoms with E-state index in [1.807, 2.05) is 6.07 Å². The van der Waals surface area contributed by atoms with Gasteiger partial charge >= 0.3 is 12.1 Å². The number of amides is 2. The molecule has 3 N–H and O–H groups in total. The predicted octanol–water partition coefficient (Wildman–Crippen LogP) is 6.69. The number of carboxylic acid groups (broad SMARTS) is 1. The van der Waals surface area contributed by atoms with Crippen molar-refractivity contribution in [1.29, 1.82) is 0 Å². The quantitative estimate of drug-likeness (QED) is 0.220. The molecule has 0 bridgehead atoms. The van der Waals surface area contributed by atoms with Gasteiger partial charge in [-0.05, 0) is 105 Å². The Morgan fingerprint density at radius 1 is 1.19 bits per heavy atom. The number of nitrogens with zero attached hydrogens (tertiary/aromatic N) is 1. The second kappa shape index (κ2) is 11.7. The van der Waals surface area contributed by atoms with Crippen LogP contribution in [0.25, 0.3) is 0 Å². The Morgan fingerprint density at radius 3 is 2.46 bits per heavy atom. The Morgan fingerprint density at radius 2 is 1.86 bits per heavy atom. The fourth-order valence-electron chi connectivity index (χ4n) is 3.92. The number of halogens is 2. The molecule has 1 saturated heterocycles. The molecule has 10 heteroatoms. The zero-order chi connectivity index (χ0) is 27.4. The van der Waals surface area contributed by atoms with E-state index in [0.717, 1.165) is 3.57 Å². The summed E-state index contributed by atoms with van der Waals surface area (Å²) in [6.45, 7) is 7.64. The summed E-state index contributed by atoms with van der Waals surface area (Å²) in [6.07, 6.45) is 2.11. The summed E-state index contributed by atoms with van der Waals surface area (Å²) in [6, 6.07) is 12.2. The van der Waals surface area contributed by atoms with Gasteiger partial charge in [0.15, 0.2) is 0 Å². The Hall–Kier alpha value is -2.79. The van der Waals surface area contributed by atoms with Crippen molar-refractivity contribution in [2.75, 3.05) is 22.1 Å². The molecule has 1 heterocycles. The Bertz CT molecular complexity index is 1210. The van der Waals surface area contributed by atoms with Crippen LogP contribution in [0.15, 0.2) is 54.1 Å². The predicted molar refractivity (Wildman–Crippen MR) is 154 cm³/mol. The van der Waals surface area contributed by atoms with Gasteiger partial charge in [-0.2, -0.15) is 0 Å². The molecule has 1 aliphatic heterocycles. The highest BCUT2D eigenvalue weighted by atomic mass is 127. The van der Waals surface area contributed by atoms with Crippen LogP contribution >= 0.6 is 34.2 Å². The van der Waals surface area contributed by atoms with Crippen molar-refractivity contribution in [1.82, 2.24) is 0 Å². The van der Waals surface area contributed by atoms with Crippen molar-refractivity contribution in [2.45, 2.75) is 58.1 Å². The van der Waals surface area contributed by atoms with E-state index in [1.54, 1.807) is 75.1 Å². The largest absolute Gasteiger partial charge is 0.479 e. The second-order valence-corrected chi connectivity index (χ2v) is 11.4. The number of ether oxygens (including phenoxy) is 1. The molecular formula is C27H31ClIN3O5. The second-order valence-electron chi connectivity index (χ2n) is 9.80. The highest BCUT2D eigenvalue weighted by molar-refractivity contribution is 14.1. The van der Waals surface area contributed by atoms with Gasteiger partial charge < -0.3 is 20.1 Å². The molecule has 2 aromatic rings. The van der Waals surface area contributed by atoms with Crippen LogP contribution in [0, 0.1) is 3.57 Å². The number of aliphatic carboxylic acids is 1. The third-order valence-corrected chi connectivity index (χ3v) is 7.14. The number of anilines is 3. The molecule has 0 saturated carbocycles. The molecule has 0 spiro atoms. The van der Waals surface area contributed by atoms with Gasteiger partial charge in [-0.3, -0.25) is 10.1 Å².